The zero-order valence-corrected chi connectivity index (χ0v) is 12.5. The molecule has 118 valence electrons. The molecule has 1 aromatic carbocycles. The molecule has 1 aromatic rings. The highest BCUT2D eigenvalue weighted by Gasteiger charge is 2.34. The van der Waals surface area contributed by atoms with Gasteiger partial charge in [-0.2, -0.15) is 13.2 Å². The van der Waals surface area contributed by atoms with Crippen molar-refractivity contribution in [1.29, 1.82) is 0 Å². The summed E-state index contributed by atoms with van der Waals surface area (Å²) >= 11 is 0. The van der Waals surface area contributed by atoms with Crippen molar-refractivity contribution in [2.45, 2.75) is 38.8 Å². The molecule has 1 aliphatic carbocycles. The number of hydrogen-bond donors (Lipinski definition) is 1. The number of halogens is 3. The van der Waals surface area contributed by atoms with Crippen LogP contribution in [0.2, 0.25) is 0 Å². The van der Waals surface area contributed by atoms with Gasteiger partial charge in [-0.15, -0.1) is 0 Å². The minimum absolute atomic E-state index is 0.141. The number of rotatable bonds is 4. The van der Waals surface area contributed by atoms with Gasteiger partial charge in [0.2, 0.25) is 0 Å². The van der Waals surface area contributed by atoms with E-state index in [1.165, 1.54) is 26.0 Å². The molecule has 0 radical (unpaired) electrons. The van der Waals surface area contributed by atoms with Crippen LogP contribution in [-0.4, -0.2) is 13.7 Å². The highest BCUT2D eigenvalue weighted by atomic mass is 19.4. The lowest BCUT2D eigenvalue weighted by Gasteiger charge is -2.27. The maximum atomic E-state index is 13.1. The van der Waals surface area contributed by atoms with Crippen LogP contribution in [0.5, 0.6) is 5.75 Å². The van der Waals surface area contributed by atoms with Crippen molar-refractivity contribution in [3.63, 3.8) is 0 Å². The third-order valence-electron chi connectivity index (χ3n) is 4.25. The van der Waals surface area contributed by atoms with E-state index in [4.69, 9.17) is 4.74 Å². The second-order valence-corrected chi connectivity index (χ2v) is 5.92. The topological polar surface area (TPSA) is 21.3 Å². The van der Waals surface area contributed by atoms with Gasteiger partial charge in [0.05, 0.1) is 12.7 Å². The highest BCUT2D eigenvalue weighted by molar-refractivity contribution is 5.55. The summed E-state index contributed by atoms with van der Waals surface area (Å²) in [5, 5.41) is 2.98. The Morgan fingerprint density at radius 3 is 2.43 bits per heavy atom. The lowest BCUT2D eigenvalue weighted by Crippen LogP contribution is -2.21. The zero-order valence-electron chi connectivity index (χ0n) is 12.5. The van der Waals surface area contributed by atoms with Gasteiger partial charge in [-0.05, 0) is 42.9 Å². The Kier molecular flexibility index (Phi) is 5.01. The summed E-state index contributed by atoms with van der Waals surface area (Å²) in [6, 6.07) is 4.05. The van der Waals surface area contributed by atoms with Crippen molar-refractivity contribution in [1.82, 2.24) is 0 Å². The van der Waals surface area contributed by atoms with Gasteiger partial charge >= 0.3 is 6.18 Å². The number of alkyl halides is 3. The Hall–Kier alpha value is -1.39. The van der Waals surface area contributed by atoms with Crippen molar-refractivity contribution >= 4 is 5.69 Å². The van der Waals surface area contributed by atoms with Crippen LogP contribution in [0.1, 0.15) is 38.2 Å². The van der Waals surface area contributed by atoms with Crippen molar-refractivity contribution in [3.8, 4) is 5.75 Å². The maximum Gasteiger partial charge on any atom is 0.418 e. The van der Waals surface area contributed by atoms with Crippen LogP contribution >= 0.6 is 0 Å². The molecule has 0 saturated heterocycles. The van der Waals surface area contributed by atoms with E-state index in [1.807, 2.05) is 0 Å². The smallest absolute Gasteiger partial charge is 0.418 e. The summed E-state index contributed by atoms with van der Waals surface area (Å²) in [4.78, 5) is 0. The molecule has 0 aliphatic heterocycles. The van der Waals surface area contributed by atoms with Crippen molar-refractivity contribution in [2.75, 3.05) is 19.0 Å². The Balaban J connectivity index is 2.05. The average molecular weight is 301 g/mol. The monoisotopic (exact) mass is 301 g/mol. The van der Waals surface area contributed by atoms with Gasteiger partial charge in [-0.1, -0.05) is 19.8 Å². The number of ether oxygens (including phenoxy) is 1. The van der Waals surface area contributed by atoms with Gasteiger partial charge in [-0.25, -0.2) is 0 Å². The normalized spacial score (nSPS) is 22.9. The summed E-state index contributed by atoms with van der Waals surface area (Å²) in [6.45, 7) is 2.83. The van der Waals surface area contributed by atoms with E-state index in [2.05, 4.69) is 12.2 Å². The molecule has 1 aliphatic rings. The molecule has 1 N–H and O–H groups in total. The summed E-state index contributed by atoms with van der Waals surface area (Å²) in [7, 11) is 1.37. The first-order valence-corrected chi connectivity index (χ1v) is 7.39. The number of benzene rings is 1. The Bertz CT molecular complexity index is 465. The maximum absolute atomic E-state index is 13.1. The van der Waals surface area contributed by atoms with Crippen LogP contribution in [0.3, 0.4) is 0 Å². The van der Waals surface area contributed by atoms with E-state index < -0.39 is 11.7 Å². The Morgan fingerprint density at radius 2 is 1.86 bits per heavy atom. The van der Waals surface area contributed by atoms with E-state index in [0.29, 0.717) is 12.5 Å². The molecule has 0 heterocycles. The summed E-state index contributed by atoms with van der Waals surface area (Å²) in [6.07, 6.45) is 0.136. The largest absolute Gasteiger partial charge is 0.497 e. The van der Waals surface area contributed by atoms with E-state index in [1.54, 1.807) is 6.07 Å². The van der Waals surface area contributed by atoms with Crippen LogP contribution in [0, 0.1) is 11.8 Å². The van der Waals surface area contributed by atoms with Gasteiger partial charge in [0.15, 0.2) is 0 Å². The number of methoxy groups -OCH3 is 1. The molecule has 21 heavy (non-hydrogen) atoms. The van der Waals surface area contributed by atoms with E-state index >= 15 is 0 Å². The molecule has 1 fully saturated rings. The summed E-state index contributed by atoms with van der Waals surface area (Å²) < 4.78 is 44.1. The number of hydrogen-bond acceptors (Lipinski definition) is 2. The van der Waals surface area contributed by atoms with E-state index in [-0.39, 0.29) is 11.4 Å². The SMILES string of the molecule is COc1ccc(NCC2CCC(C)CC2)c(C(F)(F)F)c1. The molecule has 2 rings (SSSR count). The molecule has 0 amide bonds. The van der Waals surface area contributed by atoms with Crippen LogP contribution < -0.4 is 10.1 Å². The van der Waals surface area contributed by atoms with Crippen molar-refractivity contribution < 1.29 is 17.9 Å². The van der Waals surface area contributed by atoms with Gasteiger partial charge in [0.25, 0.3) is 0 Å². The van der Waals surface area contributed by atoms with Crippen molar-refractivity contribution in [3.05, 3.63) is 23.8 Å². The molecule has 0 aromatic heterocycles. The minimum Gasteiger partial charge on any atom is -0.497 e. The average Bonchev–Trinajstić information content (AvgIpc) is 2.45. The first-order chi connectivity index (χ1) is 9.90. The predicted octanol–water partition coefficient (Wildman–Crippen LogP) is 4.95. The van der Waals surface area contributed by atoms with Crippen LogP contribution in [0.25, 0.3) is 0 Å². The third kappa shape index (κ3) is 4.29. The van der Waals surface area contributed by atoms with Crippen LogP contribution in [0.15, 0.2) is 18.2 Å². The fraction of sp³-hybridized carbons (Fsp3) is 0.625. The first kappa shape index (κ1) is 16.0. The Morgan fingerprint density at radius 1 is 1.19 bits per heavy atom. The predicted molar refractivity (Wildman–Crippen MR) is 77.6 cm³/mol. The lowest BCUT2D eigenvalue weighted by atomic mass is 9.83. The fourth-order valence-electron chi connectivity index (χ4n) is 2.83. The Labute approximate surface area is 123 Å². The van der Waals surface area contributed by atoms with E-state index in [0.717, 1.165) is 24.8 Å². The van der Waals surface area contributed by atoms with Gasteiger partial charge in [-0.3, -0.25) is 0 Å². The third-order valence-corrected chi connectivity index (χ3v) is 4.25. The molecule has 5 heteroatoms. The summed E-state index contributed by atoms with van der Waals surface area (Å²) in [5.41, 5.74) is -0.520. The molecule has 0 spiro atoms. The van der Waals surface area contributed by atoms with Gasteiger partial charge < -0.3 is 10.1 Å². The highest BCUT2D eigenvalue weighted by Crippen LogP contribution is 2.37. The van der Waals surface area contributed by atoms with Crippen LogP contribution in [-0.2, 0) is 6.18 Å². The standard InChI is InChI=1S/C16H22F3NO/c1-11-3-5-12(6-4-11)10-20-15-8-7-13(21-2)9-14(15)16(17,18)19/h7-9,11-12,20H,3-6,10H2,1-2H3. The van der Waals surface area contributed by atoms with Gasteiger partial charge in [0, 0.05) is 12.2 Å². The molecule has 0 bridgehead atoms. The second-order valence-electron chi connectivity index (χ2n) is 5.92. The zero-order chi connectivity index (χ0) is 15.5. The lowest BCUT2D eigenvalue weighted by molar-refractivity contribution is -0.137. The fourth-order valence-corrected chi connectivity index (χ4v) is 2.83. The molecular weight excluding hydrogens is 279 g/mol. The minimum atomic E-state index is -4.38. The first-order valence-electron chi connectivity index (χ1n) is 7.39. The molecule has 2 nitrogen and oxygen atoms in total. The summed E-state index contributed by atoms with van der Waals surface area (Å²) in [5.74, 6) is 1.43. The number of nitrogens with one attached hydrogen (secondary N) is 1. The molecule has 1 saturated carbocycles. The van der Waals surface area contributed by atoms with Crippen molar-refractivity contribution in [2.24, 2.45) is 11.8 Å². The quantitative estimate of drug-likeness (QED) is 0.849. The molecule has 0 atom stereocenters. The van der Waals surface area contributed by atoms with E-state index in [9.17, 15) is 13.2 Å². The van der Waals surface area contributed by atoms with Crippen LogP contribution in [0.4, 0.5) is 18.9 Å². The molecule has 0 unspecified atom stereocenters. The number of anilines is 1. The second kappa shape index (κ2) is 6.58. The molecular formula is C16H22F3NO. The van der Waals surface area contributed by atoms with Gasteiger partial charge in [0.1, 0.15) is 5.75 Å².